The Balaban J connectivity index is 2.13. The largest absolute Gasteiger partial charge is 0.465 e. The minimum atomic E-state index is -0.0794. The highest BCUT2D eigenvalue weighted by Crippen LogP contribution is 2.30. The lowest BCUT2D eigenvalue weighted by atomic mass is 9.88. The summed E-state index contributed by atoms with van der Waals surface area (Å²) < 4.78 is 10.3. The van der Waals surface area contributed by atoms with E-state index in [0.717, 1.165) is 18.6 Å². The highest BCUT2D eigenvalue weighted by atomic mass is 16.5. The number of hydrogen-bond acceptors (Lipinski definition) is 3. The van der Waals surface area contributed by atoms with Crippen LogP contribution in [0.5, 0.6) is 0 Å². The quantitative estimate of drug-likeness (QED) is 0.450. The van der Waals surface area contributed by atoms with Gasteiger partial charge in [0.25, 0.3) is 0 Å². The molecule has 0 N–H and O–H groups in total. The predicted molar refractivity (Wildman–Crippen MR) is 47.1 cm³/mol. The number of carbonyl (C=O) groups excluding carboxylic acids is 1. The summed E-state index contributed by atoms with van der Waals surface area (Å²) in [6, 6.07) is 0. The number of ether oxygens (including phenoxy) is 2. The Kier molecular flexibility index (Phi) is 2.36. The molecule has 13 heavy (non-hydrogen) atoms. The first-order valence-corrected chi connectivity index (χ1v) is 4.72. The van der Waals surface area contributed by atoms with Gasteiger partial charge in [-0.2, -0.15) is 0 Å². The fraction of sp³-hybridized carbons (Fsp3) is 0.700. The van der Waals surface area contributed by atoms with E-state index in [0.29, 0.717) is 19.1 Å². The first kappa shape index (κ1) is 8.75. The van der Waals surface area contributed by atoms with Gasteiger partial charge in [-0.3, -0.25) is 4.79 Å². The van der Waals surface area contributed by atoms with Crippen LogP contribution in [0.15, 0.2) is 11.6 Å². The van der Waals surface area contributed by atoms with Crippen molar-refractivity contribution in [3.63, 3.8) is 0 Å². The molecule has 0 bridgehead atoms. The molecule has 1 fully saturated rings. The lowest BCUT2D eigenvalue weighted by molar-refractivity contribution is -0.140. The summed E-state index contributed by atoms with van der Waals surface area (Å²) in [6.45, 7) is 3.98. The first-order valence-electron chi connectivity index (χ1n) is 4.72. The molecule has 0 aromatic rings. The maximum Gasteiger partial charge on any atom is 0.313 e. The molecule has 2 aliphatic rings. The van der Waals surface area contributed by atoms with Crippen LogP contribution in [0.2, 0.25) is 0 Å². The Labute approximate surface area is 77.7 Å². The lowest BCUT2D eigenvalue weighted by Crippen LogP contribution is -2.22. The van der Waals surface area contributed by atoms with Crippen molar-refractivity contribution in [2.75, 3.05) is 19.8 Å². The smallest absolute Gasteiger partial charge is 0.313 e. The van der Waals surface area contributed by atoms with Crippen molar-refractivity contribution < 1.29 is 14.3 Å². The molecule has 0 aromatic heterocycles. The summed E-state index contributed by atoms with van der Waals surface area (Å²) in [6.07, 6.45) is 3.04. The van der Waals surface area contributed by atoms with Crippen molar-refractivity contribution >= 4 is 5.97 Å². The Bertz CT molecular complexity index is 245. The van der Waals surface area contributed by atoms with Crippen LogP contribution < -0.4 is 0 Å². The van der Waals surface area contributed by atoms with Crippen molar-refractivity contribution in [3.05, 3.63) is 11.6 Å². The van der Waals surface area contributed by atoms with Crippen LogP contribution in [-0.4, -0.2) is 25.8 Å². The second-order valence-corrected chi connectivity index (χ2v) is 3.71. The summed E-state index contributed by atoms with van der Waals surface area (Å²) in [5.41, 5.74) is 1.11. The van der Waals surface area contributed by atoms with E-state index in [1.54, 1.807) is 0 Å². The molecule has 0 radical (unpaired) electrons. The molecular weight excluding hydrogens is 168 g/mol. The maximum atomic E-state index is 11.4. The molecule has 0 aromatic carbocycles. The van der Waals surface area contributed by atoms with E-state index in [9.17, 15) is 4.79 Å². The van der Waals surface area contributed by atoms with Crippen molar-refractivity contribution in [3.8, 4) is 0 Å². The van der Waals surface area contributed by atoms with Crippen molar-refractivity contribution in [2.45, 2.75) is 13.3 Å². The number of carbonyl (C=O) groups is 1. The monoisotopic (exact) mass is 182 g/mol. The van der Waals surface area contributed by atoms with E-state index >= 15 is 0 Å². The van der Waals surface area contributed by atoms with Gasteiger partial charge in [0.15, 0.2) is 0 Å². The SMILES string of the molecule is C[C@H]1COC(=O)[C@H]1C1=CCCOC1. The summed E-state index contributed by atoms with van der Waals surface area (Å²) in [4.78, 5) is 11.4. The predicted octanol–water partition coefficient (Wildman–Crippen LogP) is 1.14. The highest BCUT2D eigenvalue weighted by molar-refractivity contribution is 5.78. The van der Waals surface area contributed by atoms with Crippen LogP contribution in [0.1, 0.15) is 13.3 Å². The number of rotatable bonds is 1. The third-order valence-electron chi connectivity index (χ3n) is 2.65. The highest BCUT2D eigenvalue weighted by Gasteiger charge is 2.36. The van der Waals surface area contributed by atoms with Crippen molar-refractivity contribution in [1.29, 1.82) is 0 Å². The second-order valence-electron chi connectivity index (χ2n) is 3.71. The van der Waals surface area contributed by atoms with Gasteiger partial charge in [-0.05, 0) is 12.0 Å². The number of esters is 1. The zero-order valence-electron chi connectivity index (χ0n) is 7.79. The van der Waals surface area contributed by atoms with Crippen LogP contribution in [0.3, 0.4) is 0 Å². The first-order chi connectivity index (χ1) is 6.29. The third-order valence-corrected chi connectivity index (χ3v) is 2.65. The maximum absolute atomic E-state index is 11.4. The van der Waals surface area contributed by atoms with Gasteiger partial charge in [-0.1, -0.05) is 13.0 Å². The second kappa shape index (κ2) is 3.50. The van der Waals surface area contributed by atoms with Gasteiger partial charge in [0.1, 0.15) is 0 Å². The van der Waals surface area contributed by atoms with Crippen LogP contribution >= 0.6 is 0 Å². The molecule has 72 valence electrons. The lowest BCUT2D eigenvalue weighted by Gasteiger charge is -2.19. The van der Waals surface area contributed by atoms with E-state index < -0.39 is 0 Å². The summed E-state index contributed by atoms with van der Waals surface area (Å²) in [5, 5.41) is 0. The summed E-state index contributed by atoms with van der Waals surface area (Å²) in [5.74, 6) is 0.185. The Morgan fingerprint density at radius 3 is 2.92 bits per heavy atom. The van der Waals surface area contributed by atoms with Gasteiger partial charge in [-0.25, -0.2) is 0 Å². The van der Waals surface area contributed by atoms with Gasteiger partial charge < -0.3 is 9.47 Å². The number of cyclic esters (lactones) is 1. The molecule has 1 saturated heterocycles. The zero-order chi connectivity index (χ0) is 9.26. The summed E-state index contributed by atoms with van der Waals surface area (Å²) >= 11 is 0. The average molecular weight is 182 g/mol. The molecule has 3 nitrogen and oxygen atoms in total. The fourth-order valence-electron chi connectivity index (χ4n) is 1.94. The molecule has 0 spiro atoms. The minimum absolute atomic E-state index is 0.0414. The third kappa shape index (κ3) is 1.61. The standard InChI is InChI=1S/C10H14O3/c1-7-5-13-10(11)9(7)8-3-2-4-12-6-8/h3,7,9H,2,4-6H2,1H3/t7-,9+/m0/s1. The van der Waals surface area contributed by atoms with Gasteiger partial charge >= 0.3 is 5.97 Å². The van der Waals surface area contributed by atoms with E-state index in [-0.39, 0.29) is 11.9 Å². The van der Waals surface area contributed by atoms with Crippen LogP contribution in [-0.2, 0) is 14.3 Å². The zero-order valence-corrected chi connectivity index (χ0v) is 7.79. The molecular formula is C10H14O3. The van der Waals surface area contributed by atoms with E-state index in [1.165, 1.54) is 0 Å². The van der Waals surface area contributed by atoms with Gasteiger partial charge in [-0.15, -0.1) is 0 Å². The van der Waals surface area contributed by atoms with Crippen LogP contribution in [0, 0.1) is 11.8 Å². The minimum Gasteiger partial charge on any atom is -0.465 e. The van der Waals surface area contributed by atoms with E-state index in [4.69, 9.17) is 9.47 Å². The van der Waals surface area contributed by atoms with Crippen LogP contribution in [0.4, 0.5) is 0 Å². The van der Waals surface area contributed by atoms with Gasteiger partial charge in [0.05, 0.1) is 25.7 Å². The molecule has 2 heterocycles. The number of hydrogen-bond donors (Lipinski definition) is 0. The normalized spacial score (nSPS) is 34.2. The average Bonchev–Trinajstić information content (AvgIpc) is 2.48. The molecule has 0 aliphatic carbocycles. The van der Waals surface area contributed by atoms with Crippen molar-refractivity contribution in [1.82, 2.24) is 0 Å². The molecule has 0 unspecified atom stereocenters. The molecule has 2 rings (SSSR count). The van der Waals surface area contributed by atoms with Crippen molar-refractivity contribution in [2.24, 2.45) is 11.8 Å². The van der Waals surface area contributed by atoms with E-state index in [1.807, 2.05) is 6.92 Å². The molecule has 0 saturated carbocycles. The summed E-state index contributed by atoms with van der Waals surface area (Å²) in [7, 11) is 0. The fourth-order valence-corrected chi connectivity index (χ4v) is 1.94. The Morgan fingerprint density at radius 1 is 1.54 bits per heavy atom. The Morgan fingerprint density at radius 2 is 2.38 bits per heavy atom. The molecule has 2 atom stereocenters. The molecule has 3 heteroatoms. The van der Waals surface area contributed by atoms with E-state index in [2.05, 4.69) is 6.08 Å². The topological polar surface area (TPSA) is 35.5 Å². The molecule has 2 aliphatic heterocycles. The van der Waals surface area contributed by atoms with Gasteiger partial charge in [0.2, 0.25) is 0 Å². The van der Waals surface area contributed by atoms with Gasteiger partial charge in [0, 0.05) is 5.92 Å². The molecule has 0 amide bonds. The van der Waals surface area contributed by atoms with Crippen LogP contribution in [0.25, 0.3) is 0 Å². The Hall–Kier alpha value is -0.830.